The molecule has 1 aromatic heterocycles. The largest absolute Gasteiger partial charge is 0.472 e. The van der Waals surface area contributed by atoms with Gasteiger partial charge in [0.25, 0.3) is 0 Å². The third-order valence-corrected chi connectivity index (χ3v) is 2.99. The first-order chi connectivity index (χ1) is 9.92. The summed E-state index contributed by atoms with van der Waals surface area (Å²) >= 11 is 5.93. The van der Waals surface area contributed by atoms with E-state index in [0.717, 1.165) is 11.3 Å². The number of benzene rings is 1. The minimum atomic E-state index is 0.0590. The van der Waals surface area contributed by atoms with Crippen LogP contribution in [0.3, 0.4) is 0 Å². The van der Waals surface area contributed by atoms with E-state index in [9.17, 15) is 0 Å². The Kier molecular flexibility index (Phi) is 5.15. The molecule has 0 aliphatic rings. The Bertz CT molecular complexity index is 579. The van der Waals surface area contributed by atoms with Crippen LogP contribution in [0.1, 0.15) is 32.0 Å². The number of nitrogens with zero attached hydrogens (tertiary/aromatic N) is 2. The summed E-state index contributed by atoms with van der Waals surface area (Å²) in [6.07, 6.45) is 3.37. The van der Waals surface area contributed by atoms with E-state index in [1.54, 1.807) is 12.4 Å². The molecular weight excluding hydrogens is 286 g/mol. The summed E-state index contributed by atoms with van der Waals surface area (Å²) in [7, 11) is 0. The molecule has 0 saturated carbocycles. The second-order valence-corrected chi connectivity index (χ2v) is 6.30. The van der Waals surface area contributed by atoms with Gasteiger partial charge in [-0.05, 0) is 38.5 Å². The van der Waals surface area contributed by atoms with Gasteiger partial charge in [-0.1, -0.05) is 23.7 Å². The molecule has 0 atom stereocenters. The molecule has 5 heteroatoms. The van der Waals surface area contributed by atoms with Gasteiger partial charge in [-0.2, -0.15) is 0 Å². The van der Waals surface area contributed by atoms with Crippen molar-refractivity contribution < 1.29 is 4.74 Å². The summed E-state index contributed by atoms with van der Waals surface area (Å²) in [6.45, 7) is 7.45. The van der Waals surface area contributed by atoms with Crippen molar-refractivity contribution in [3.63, 3.8) is 0 Å². The zero-order chi connectivity index (χ0) is 15.3. The standard InChI is InChI=1S/C16H20ClN3O/c1-16(2,3)20-9-14-8-19-15(10-18-14)21-11-12-5-4-6-13(17)7-12/h4-8,10,20H,9,11H2,1-3H3. The van der Waals surface area contributed by atoms with Gasteiger partial charge in [0.2, 0.25) is 5.88 Å². The third-order valence-electron chi connectivity index (χ3n) is 2.76. The number of hydrogen-bond donors (Lipinski definition) is 1. The van der Waals surface area contributed by atoms with E-state index in [1.807, 2.05) is 24.3 Å². The van der Waals surface area contributed by atoms with Gasteiger partial charge in [0, 0.05) is 17.1 Å². The van der Waals surface area contributed by atoms with Gasteiger partial charge in [-0.3, -0.25) is 4.98 Å². The van der Waals surface area contributed by atoms with Crippen molar-refractivity contribution in [3.8, 4) is 5.88 Å². The second kappa shape index (κ2) is 6.87. The Morgan fingerprint density at radius 2 is 2.00 bits per heavy atom. The number of aromatic nitrogens is 2. The van der Waals surface area contributed by atoms with E-state index in [-0.39, 0.29) is 5.54 Å². The topological polar surface area (TPSA) is 47.0 Å². The smallest absolute Gasteiger partial charge is 0.232 e. The maximum absolute atomic E-state index is 5.93. The molecule has 0 bridgehead atoms. The Morgan fingerprint density at radius 3 is 2.62 bits per heavy atom. The van der Waals surface area contributed by atoms with Crippen molar-refractivity contribution in [2.75, 3.05) is 0 Å². The number of rotatable bonds is 5. The number of halogens is 1. The van der Waals surface area contributed by atoms with Crippen LogP contribution in [0, 0.1) is 0 Å². The van der Waals surface area contributed by atoms with Crippen LogP contribution in [-0.4, -0.2) is 15.5 Å². The van der Waals surface area contributed by atoms with E-state index >= 15 is 0 Å². The maximum atomic E-state index is 5.93. The average molecular weight is 306 g/mol. The van der Waals surface area contributed by atoms with Crippen LogP contribution in [0.15, 0.2) is 36.7 Å². The quantitative estimate of drug-likeness (QED) is 0.917. The van der Waals surface area contributed by atoms with Gasteiger partial charge in [-0.25, -0.2) is 4.98 Å². The molecule has 1 aromatic carbocycles. The van der Waals surface area contributed by atoms with Crippen molar-refractivity contribution in [1.82, 2.24) is 15.3 Å². The van der Waals surface area contributed by atoms with Crippen molar-refractivity contribution in [1.29, 1.82) is 0 Å². The number of nitrogens with one attached hydrogen (secondary N) is 1. The predicted molar refractivity (Wildman–Crippen MR) is 84.4 cm³/mol. The van der Waals surface area contributed by atoms with Crippen LogP contribution < -0.4 is 10.1 Å². The predicted octanol–water partition coefficient (Wildman–Crippen LogP) is 3.60. The molecular formula is C16H20ClN3O. The summed E-state index contributed by atoms with van der Waals surface area (Å²) in [5.41, 5.74) is 1.95. The first-order valence-corrected chi connectivity index (χ1v) is 7.23. The minimum Gasteiger partial charge on any atom is -0.472 e. The van der Waals surface area contributed by atoms with Crippen molar-refractivity contribution in [3.05, 3.63) is 52.9 Å². The van der Waals surface area contributed by atoms with E-state index in [4.69, 9.17) is 16.3 Å². The van der Waals surface area contributed by atoms with Crippen LogP contribution in [0.25, 0.3) is 0 Å². The second-order valence-electron chi connectivity index (χ2n) is 5.87. The minimum absolute atomic E-state index is 0.0590. The zero-order valence-corrected chi connectivity index (χ0v) is 13.3. The Morgan fingerprint density at radius 1 is 1.19 bits per heavy atom. The lowest BCUT2D eigenvalue weighted by molar-refractivity contribution is 0.292. The van der Waals surface area contributed by atoms with Crippen LogP contribution in [-0.2, 0) is 13.2 Å². The molecule has 2 rings (SSSR count). The summed E-state index contributed by atoms with van der Waals surface area (Å²) in [4.78, 5) is 8.59. The molecule has 0 saturated heterocycles. The lowest BCUT2D eigenvalue weighted by Gasteiger charge is -2.19. The molecule has 0 spiro atoms. The molecule has 0 aliphatic carbocycles. The van der Waals surface area contributed by atoms with E-state index < -0.39 is 0 Å². The summed E-state index contributed by atoms with van der Waals surface area (Å²) in [5.74, 6) is 0.509. The number of ether oxygens (including phenoxy) is 1. The SMILES string of the molecule is CC(C)(C)NCc1cnc(OCc2cccc(Cl)c2)cn1. The molecule has 0 amide bonds. The average Bonchev–Trinajstić information content (AvgIpc) is 2.43. The molecule has 0 unspecified atom stereocenters. The van der Waals surface area contributed by atoms with Gasteiger partial charge in [-0.15, -0.1) is 0 Å². The van der Waals surface area contributed by atoms with Crippen molar-refractivity contribution >= 4 is 11.6 Å². The molecule has 0 fully saturated rings. The highest BCUT2D eigenvalue weighted by Crippen LogP contribution is 2.13. The molecule has 2 aromatic rings. The summed E-state index contributed by atoms with van der Waals surface area (Å²) in [6, 6.07) is 7.56. The lowest BCUT2D eigenvalue weighted by atomic mass is 10.1. The van der Waals surface area contributed by atoms with Crippen LogP contribution in [0.2, 0.25) is 5.02 Å². The molecule has 0 aliphatic heterocycles. The molecule has 1 N–H and O–H groups in total. The van der Waals surface area contributed by atoms with E-state index in [2.05, 4.69) is 36.1 Å². The molecule has 21 heavy (non-hydrogen) atoms. The van der Waals surface area contributed by atoms with Crippen molar-refractivity contribution in [2.24, 2.45) is 0 Å². The fourth-order valence-corrected chi connectivity index (χ4v) is 1.86. The monoisotopic (exact) mass is 305 g/mol. The molecule has 1 heterocycles. The van der Waals surface area contributed by atoms with E-state index in [1.165, 1.54) is 0 Å². The van der Waals surface area contributed by atoms with Crippen molar-refractivity contribution in [2.45, 2.75) is 39.5 Å². The van der Waals surface area contributed by atoms with Crippen LogP contribution >= 0.6 is 11.6 Å². The third kappa shape index (κ3) is 5.69. The fraction of sp³-hybridized carbons (Fsp3) is 0.375. The summed E-state index contributed by atoms with van der Waals surface area (Å²) in [5, 5.41) is 4.06. The summed E-state index contributed by atoms with van der Waals surface area (Å²) < 4.78 is 5.59. The first-order valence-electron chi connectivity index (χ1n) is 6.85. The van der Waals surface area contributed by atoms with Gasteiger partial charge >= 0.3 is 0 Å². The highest BCUT2D eigenvalue weighted by molar-refractivity contribution is 6.30. The highest BCUT2D eigenvalue weighted by Gasteiger charge is 2.09. The van der Waals surface area contributed by atoms with Gasteiger partial charge in [0.15, 0.2) is 0 Å². The van der Waals surface area contributed by atoms with Crippen LogP contribution in [0.4, 0.5) is 0 Å². The number of hydrogen-bond acceptors (Lipinski definition) is 4. The molecule has 0 radical (unpaired) electrons. The van der Waals surface area contributed by atoms with Crippen LogP contribution in [0.5, 0.6) is 5.88 Å². The molecule has 112 valence electrons. The maximum Gasteiger partial charge on any atom is 0.232 e. The Labute approximate surface area is 130 Å². The zero-order valence-electron chi connectivity index (χ0n) is 12.6. The Hall–Kier alpha value is -1.65. The fourth-order valence-electron chi connectivity index (χ4n) is 1.65. The normalized spacial score (nSPS) is 11.4. The Balaban J connectivity index is 1.87. The lowest BCUT2D eigenvalue weighted by Crippen LogP contribution is -2.35. The van der Waals surface area contributed by atoms with Gasteiger partial charge in [0.05, 0.1) is 18.1 Å². The molecule has 4 nitrogen and oxygen atoms in total. The van der Waals surface area contributed by atoms with E-state index in [0.29, 0.717) is 24.1 Å². The first kappa shape index (κ1) is 15.7. The van der Waals surface area contributed by atoms with Gasteiger partial charge < -0.3 is 10.1 Å². The van der Waals surface area contributed by atoms with Gasteiger partial charge in [0.1, 0.15) is 6.61 Å². The highest BCUT2D eigenvalue weighted by atomic mass is 35.5.